The van der Waals surface area contributed by atoms with Gasteiger partial charge in [0.15, 0.2) is 5.82 Å². The van der Waals surface area contributed by atoms with E-state index in [0.717, 1.165) is 18.6 Å². The van der Waals surface area contributed by atoms with Crippen molar-refractivity contribution in [2.24, 2.45) is 0 Å². The van der Waals surface area contributed by atoms with Crippen molar-refractivity contribution in [3.63, 3.8) is 0 Å². The molecule has 108 valence electrons. The SMILES string of the molecule is CCCC(Cl)c1noc(CCOc2cccc(C)c2)n1. The zero-order valence-corrected chi connectivity index (χ0v) is 12.6. The van der Waals surface area contributed by atoms with Gasteiger partial charge in [0.05, 0.1) is 18.4 Å². The van der Waals surface area contributed by atoms with Gasteiger partial charge in [0.1, 0.15) is 5.75 Å². The number of benzene rings is 1. The van der Waals surface area contributed by atoms with E-state index < -0.39 is 0 Å². The van der Waals surface area contributed by atoms with Crippen molar-refractivity contribution in [2.45, 2.75) is 38.5 Å². The van der Waals surface area contributed by atoms with Gasteiger partial charge in [-0.15, -0.1) is 11.6 Å². The second-order valence-corrected chi connectivity index (χ2v) is 5.24. The molecule has 0 saturated heterocycles. The standard InChI is InChI=1S/C15H19ClN2O2/c1-3-5-13(16)15-17-14(20-18-15)8-9-19-12-7-4-6-11(2)10-12/h4,6-7,10,13H,3,5,8-9H2,1-2H3. The lowest BCUT2D eigenvalue weighted by Crippen LogP contribution is -2.02. The van der Waals surface area contributed by atoms with Crippen LogP contribution >= 0.6 is 11.6 Å². The topological polar surface area (TPSA) is 48.2 Å². The van der Waals surface area contributed by atoms with E-state index in [1.807, 2.05) is 31.2 Å². The summed E-state index contributed by atoms with van der Waals surface area (Å²) in [7, 11) is 0. The van der Waals surface area contributed by atoms with E-state index >= 15 is 0 Å². The summed E-state index contributed by atoms with van der Waals surface area (Å²) in [5, 5.41) is 3.73. The average Bonchev–Trinajstić information content (AvgIpc) is 2.88. The highest BCUT2D eigenvalue weighted by Gasteiger charge is 2.14. The van der Waals surface area contributed by atoms with Crippen molar-refractivity contribution in [1.82, 2.24) is 10.1 Å². The van der Waals surface area contributed by atoms with Crippen LogP contribution in [0, 0.1) is 6.92 Å². The zero-order valence-electron chi connectivity index (χ0n) is 11.8. The first-order valence-corrected chi connectivity index (χ1v) is 7.28. The van der Waals surface area contributed by atoms with E-state index in [2.05, 4.69) is 17.1 Å². The summed E-state index contributed by atoms with van der Waals surface area (Å²) >= 11 is 6.15. The Morgan fingerprint density at radius 3 is 3.00 bits per heavy atom. The minimum Gasteiger partial charge on any atom is -0.493 e. The predicted octanol–water partition coefficient (Wildman–Crippen LogP) is 4.08. The first kappa shape index (κ1) is 14.9. The fourth-order valence-electron chi connectivity index (χ4n) is 1.84. The van der Waals surface area contributed by atoms with Crippen molar-refractivity contribution in [3.05, 3.63) is 41.5 Å². The molecule has 1 aromatic carbocycles. The third-order valence-corrected chi connectivity index (χ3v) is 3.29. The van der Waals surface area contributed by atoms with E-state index in [4.69, 9.17) is 20.9 Å². The molecule has 0 bridgehead atoms. The van der Waals surface area contributed by atoms with Crippen LogP contribution in [0.15, 0.2) is 28.8 Å². The molecule has 0 radical (unpaired) electrons. The van der Waals surface area contributed by atoms with E-state index in [-0.39, 0.29) is 5.38 Å². The van der Waals surface area contributed by atoms with Crippen LogP contribution in [-0.4, -0.2) is 16.7 Å². The van der Waals surface area contributed by atoms with Gasteiger partial charge in [-0.1, -0.05) is 30.6 Å². The van der Waals surface area contributed by atoms with Crippen LogP contribution in [0.5, 0.6) is 5.75 Å². The quantitative estimate of drug-likeness (QED) is 0.722. The maximum absolute atomic E-state index is 6.15. The van der Waals surface area contributed by atoms with Gasteiger partial charge in [-0.05, 0) is 31.0 Å². The number of hydrogen-bond donors (Lipinski definition) is 0. The number of alkyl halides is 1. The molecule has 0 aliphatic rings. The van der Waals surface area contributed by atoms with Crippen molar-refractivity contribution in [2.75, 3.05) is 6.61 Å². The molecule has 4 nitrogen and oxygen atoms in total. The molecule has 20 heavy (non-hydrogen) atoms. The van der Waals surface area contributed by atoms with E-state index in [0.29, 0.717) is 24.7 Å². The van der Waals surface area contributed by atoms with Crippen LogP contribution in [0.2, 0.25) is 0 Å². The Hall–Kier alpha value is -1.55. The largest absolute Gasteiger partial charge is 0.493 e. The van der Waals surface area contributed by atoms with Crippen LogP contribution in [0.4, 0.5) is 0 Å². The Morgan fingerprint density at radius 1 is 1.40 bits per heavy atom. The lowest BCUT2D eigenvalue weighted by atomic mass is 10.2. The van der Waals surface area contributed by atoms with Gasteiger partial charge >= 0.3 is 0 Å². The molecule has 0 N–H and O–H groups in total. The second-order valence-electron chi connectivity index (χ2n) is 4.72. The number of aromatic nitrogens is 2. The Bertz CT molecular complexity index is 542. The third kappa shape index (κ3) is 4.23. The molecule has 0 aliphatic heterocycles. The molecule has 1 heterocycles. The summed E-state index contributed by atoms with van der Waals surface area (Å²) in [4.78, 5) is 4.29. The van der Waals surface area contributed by atoms with Crippen LogP contribution < -0.4 is 4.74 Å². The molecule has 0 amide bonds. The molecule has 1 aromatic heterocycles. The van der Waals surface area contributed by atoms with Crippen molar-refractivity contribution in [1.29, 1.82) is 0 Å². The van der Waals surface area contributed by atoms with Crippen LogP contribution in [0.25, 0.3) is 0 Å². The lowest BCUT2D eigenvalue weighted by Gasteiger charge is -2.04. The monoisotopic (exact) mass is 294 g/mol. The fraction of sp³-hybridized carbons (Fsp3) is 0.467. The Kier molecular flexibility index (Phi) is 5.41. The zero-order chi connectivity index (χ0) is 14.4. The van der Waals surface area contributed by atoms with Gasteiger partial charge in [0.2, 0.25) is 5.89 Å². The van der Waals surface area contributed by atoms with Gasteiger partial charge in [0.25, 0.3) is 0 Å². The molecule has 0 saturated carbocycles. The lowest BCUT2D eigenvalue weighted by molar-refractivity contribution is 0.291. The Morgan fingerprint density at radius 2 is 2.25 bits per heavy atom. The summed E-state index contributed by atoms with van der Waals surface area (Å²) in [6.45, 7) is 4.61. The van der Waals surface area contributed by atoms with E-state index in [1.54, 1.807) is 0 Å². The molecule has 0 spiro atoms. The number of rotatable bonds is 7. The molecule has 2 rings (SSSR count). The molecular weight excluding hydrogens is 276 g/mol. The maximum Gasteiger partial charge on any atom is 0.230 e. The molecule has 1 unspecified atom stereocenters. The summed E-state index contributed by atoms with van der Waals surface area (Å²) < 4.78 is 10.8. The molecule has 0 aliphatic carbocycles. The molecular formula is C15H19ClN2O2. The summed E-state index contributed by atoms with van der Waals surface area (Å²) in [6, 6.07) is 7.93. The highest BCUT2D eigenvalue weighted by Crippen LogP contribution is 2.22. The summed E-state index contributed by atoms with van der Waals surface area (Å²) in [6.07, 6.45) is 2.42. The highest BCUT2D eigenvalue weighted by atomic mass is 35.5. The predicted molar refractivity (Wildman–Crippen MR) is 78.2 cm³/mol. The molecule has 1 atom stereocenters. The average molecular weight is 295 g/mol. The number of hydrogen-bond acceptors (Lipinski definition) is 4. The fourth-order valence-corrected chi connectivity index (χ4v) is 2.15. The van der Waals surface area contributed by atoms with Crippen LogP contribution in [-0.2, 0) is 6.42 Å². The molecule has 0 fully saturated rings. The summed E-state index contributed by atoms with van der Waals surface area (Å²) in [5.74, 6) is 1.99. The van der Waals surface area contributed by atoms with Crippen LogP contribution in [0.1, 0.15) is 42.4 Å². The summed E-state index contributed by atoms with van der Waals surface area (Å²) in [5.41, 5.74) is 1.17. The Labute approximate surface area is 124 Å². The van der Waals surface area contributed by atoms with Gasteiger partial charge in [-0.25, -0.2) is 0 Å². The van der Waals surface area contributed by atoms with Crippen molar-refractivity contribution in [3.8, 4) is 5.75 Å². The van der Waals surface area contributed by atoms with Crippen molar-refractivity contribution < 1.29 is 9.26 Å². The first-order chi connectivity index (χ1) is 9.69. The molecule has 5 heteroatoms. The number of ether oxygens (including phenoxy) is 1. The minimum atomic E-state index is -0.171. The van der Waals surface area contributed by atoms with Gasteiger partial charge < -0.3 is 9.26 Å². The number of nitrogens with zero attached hydrogens (tertiary/aromatic N) is 2. The van der Waals surface area contributed by atoms with Gasteiger partial charge in [-0.2, -0.15) is 4.98 Å². The minimum absolute atomic E-state index is 0.171. The first-order valence-electron chi connectivity index (χ1n) is 6.85. The van der Waals surface area contributed by atoms with Gasteiger partial charge in [-0.3, -0.25) is 0 Å². The van der Waals surface area contributed by atoms with Crippen LogP contribution in [0.3, 0.4) is 0 Å². The third-order valence-electron chi connectivity index (χ3n) is 2.88. The smallest absolute Gasteiger partial charge is 0.230 e. The Balaban J connectivity index is 1.82. The van der Waals surface area contributed by atoms with Gasteiger partial charge in [0, 0.05) is 0 Å². The van der Waals surface area contributed by atoms with Crippen molar-refractivity contribution >= 4 is 11.6 Å². The number of aryl methyl sites for hydroxylation is 1. The molecule has 2 aromatic rings. The number of halogens is 1. The van der Waals surface area contributed by atoms with E-state index in [9.17, 15) is 0 Å². The highest BCUT2D eigenvalue weighted by molar-refractivity contribution is 6.20. The van der Waals surface area contributed by atoms with E-state index in [1.165, 1.54) is 5.56 Å². The maximum atomic E-state index is 6.15. The second kappa shape index (κ2) is 7.29. The normalized spacial score (nSPS) is 12.3.